The molecule has 0 saturated carbocycles. The molecule has 0 saturated heterocycles. The number of fused-ring (bicyclic) bond motifs is 1. The lowest BCUT2D eigenvalue weighted by atomic mass is 10.1. The smallest absolute Gasteiger partial charge is 0.270 e. The minimum absolute atomic E-state index is 0.0476. The molecule has 0 unspecified atom stereocenters. The predicted octanol–water partition coefficient (Wildman–Crippen LogP) is 4.72. The lowest BCUT2D eigenvalue weighted by Crippen LogP contribution is -2.29. The molecule has 0 radical (unpaired) electrons. The van der Waals surface area contributed by atoms with Crippen molar-refractivity contribution in [2.24, 2.45) is 0 Å². The molecule has 2 heterocycles. The first-order valence-electron chi connectivity index (χ1n) is 10.6. The van der Waals surface area contributed by atoms with Crippen molar-refractivity contribution in [3.05, 3.63) is 99.4 Å². The van der Waals surface area contributed by atoms with Gasteiger partial charge in [-0.2, -0.15) is 0 Å². The van der Waals surface area contributed by atoms with E-state index in [9.17, 15) is 23.3 Å². The average molecular weight is 507 g/mol. The third-order valence-corrected chi connectivity index (χ3v) is 8.21. The molecule has 1 N–H and O–H groups in total. The largest absolute Gasteiger partial charge is 0.298 e. The summed E-state index contributed by atoms with van der Waals surface area (Å²) in [6.07, 6.45) is 0.655. The lowest BCUT2D eigenvalue weighted by molar-refractivity contribution is -0.384. The third-order valence-electron chi connectivity index (χ3n) is 5.63. The van der Waals surface area contributed by atoms with Gasteiger partial charge >= 0.3 is 0 Å². The number of nitrogens with one attached hydrogen (secondary N) is 1. The van der Waals surface area contributed by atoms with Gasteiger partial charge in [0.2, 0.25) is 0 Å². The molecule has 3 aromatic carbocycles. The number of nitrogens with zero attached hydrogens (tertiary/aromatic N) is 3. The van der Waals surface area contributed by atoms with Crippen molar-refractivity contribution in [2.75, 3.05) is 16.2 Å². The van der Waals surface area contributed by atoms with E-state index in [-0.39, 0.29) is 16.1 Å². The summed E-state index contributed by atoms with van der Waals surface area (Å²) in [7, 11) is -3.75. The number of sulfonamides is 1. The molecule has 176 valence electrons. The zero-order valence-electron chi connectivity index (χ0n) is 18.1. The first kappa shape index (κ1) is 22.7. The Hall–Kier alpha value is -4.09. The molecular weight excluding hydrogens is 488 g/mol. The number of hydrogen-bond donors (Lipinski definition) is 1. The SMILES string of the molecule is O=C(Nc1nc(-c2cccc([N+](=O)[O-])c2)cs1)c1ccc(S(=O)(=O)N2CCc3ccccc32)cc1. The Labute approximate surface area is 204 Å². The van der Waals surface area contributed by atoms with E-state index < -0.39 is 20.9 Å². The quantitative estimate of drug-likeness (QED) is 0.298. The lowest BCUT2D eigenvalue weighted by Gasteiger charge is -2.19. The predicted molar refractivity (Wildman–Crippen MR) is 133 cm³/mol. The zero-order chi connectivity index (χ0) is 24.6. The van der Waals surface area contributed by atoms with Crippen LogP contribution in [0.25, 0.3) is 11.3 Å². The van der Waals surface area contributed by atoms with Crippen LogP contribution in [0.1, 0.15) is 15.9 Å². The highest BCUT2D eigenvalue weighted by molar-refractivity contribution is 7.92. The summed E-state index contributed by atoms with van der Waals surface area (Å²) in [5.74, 6) is -0.444. The molecule has 1 amide bonds. The fourth-order valence-corrected chi connectivity index (χ4v) is 6.09. The fourth-order valence-electron chi connectivity index (χ4n) is 3.87. The van der Waals surface area contributed by atoms with Gasteiger partial charge in [-0.05, 0) is 42.3 Å². The van der Waals surface area contributed by atoms with E-state index in [1.807, 2.05) is 18.2 Å². The van der Waals surface area contributed by atoms with Crippen LogP contribution >= 0.6 is 11.3 Å². The van der Waals surface area contributed by atoms with Crippen LogP contribution in [-0.4, -0.2) is 30.8 Å². The van der Waals surface area contributed by atoms with E-state index in [1.54, 1.807) is 23.6 Å². The van der Waals surface area contributed by atoms with Gasteiger partial charge in [-0.25, -0.2) is 13.4 Å². The zero-order valence-corrected chi connectivity index (χ0v) is 19.8. The van der Waals surface area contributed by atoms with Crippen molar-refractivity contribution in [1.82, 2.24) is 4.98 Å². The van der Waals surface area contributed by atoms with Crippen LogP contribution in [0, 0.1) is 10.1 Å². The van der Waals surface area contributed by atoms with E-state index in [0.29, 0.717) is 35.0 Å². The highest BCUT2D eigenvalue weighted by Crippen LogP contribution is 2.33. The van der Waals surface area contributed by atoms with Crippen LogP contribution < -0.4 is 9.62 Å². The summed E-state index contributed by atoms with van der Waals surface area (Å²) in [6, 6.07) is 19.2. The Bertz CT molecular complexity index is 1550. The van der Waals surface area contributed by atoms with Crippen LogP contribution in [0.3, 0.4) is 0 Å². The number of rotatable bonds is 6. The Morgan fingerprint density at radius 1 is 1.06 bits per heavy atom. The number of thiazole rings is 1. The number of anilines is 2. The molecule has 35 heavy (non-hydrogen) atoms. The van der Waals surface area contributed by atoms with Gasteiger partial charge in [0, 0.05) is 35.2 Å². The summed E-state index contributed by atoms with van der Waals surface area (Å²) < 4.78 is 27.7. The van der Waals surface area contributed by atoms with E-state index in [1.165, 1.54) is 52.0 Å². The Morgan fingerprint density at radius 2 is 1.83 bits per heavy atom. The van der Waals surface area contributed by atoms with E-state index >= 15 is 0 Å². The van der Waals surface area contributed by atoms with Crippen molar-refractivity contribution in [2.45, 2.75) is 11.3 Å². The summed E-state index contributed by atoms with van der Waals surface area (Å²) in [6.45, 7) is 0.376. The summed E-state index contributed by atoms with van der Waals surface area (Å²) in [4.78, 5) is 27.6. The molecule has 0 bridgehead atoms. The van der Waals surface area contributed by atoms with Crippen molar-refractivity contribution < 1.29 is 18.1 Å². The molecule has 0 fully saturated rings. The molecular formula is C24H18N4O5S2. The van der Waals surface area contributed by atoms with Crippen molar-refractivity contribution >= 4 is 43.8 Å². The van der Waals surface area contributed by atoms with Gasteiger partial charge in [0.15, 0.2) is 5.13 Å². The van der Waals surface area contributed by atoms with E-state index in [2.05, 4.69) is 10.3 Å². The molecule has 0 aliphatic carbocycles. The van der Waals surface area contributed by atoms with Gasteiger partial charge in [0.25, 0.3) is 21.6 Å². The van der Waals surface area contributed by atoms with Crippen LogP contribution in [0.2, 0.25) is 0 Å². The molecule has 4 aromatic rings. The maximum Gasteiger partial charge on any atom is 0.270 e. The minimum Gasteiger partial charge on any atom is -0.298 e. The molecule has 1 aliphatic heterocycles. The summed E-state index contributed by atoms with van der Waals surface area (Å²) >= 11 is 1.18. The van der Waals surface area contributed by atoms with Gasteiger partial charge < -0.3 is 0 Å². The number of carbonyl (C=O) groups is 1. The molecule has 9 nitrogen and oxygen atoms in total. The van der Waals surface area contributed by atoms with Crippen molar-refractivity contribution in [3.8, 4) is 11.3 Å². The number of amides is 1. The second kappa shape index (κ2) is 8.93. The van der Waals surface area contributed by atoms with Gasteiger partial charge in [-0.15, -0.1) is 11.3 Å². The summed E-state index contributed by atoms with van der Waals surface area (Å²) in [5, 5.41) is 15.7. The van der Waals surface area contributed by atoms with Crippen LogP contribution in [0.4, 0.5) is 16.5 Å². The van der Waals surface area contributed by atoms with Crippen molar-refractivity contribution in [1.29, 1.82) is 0 Å². The fraction of sp³-hybridized carbons (Fsp3) is 0.0833. The maximum absolute atomic E-state index is 13.1. The Kier molecular flexibility index (Phi) is 5.79. The number of aromatic nitrogens is 1. The van der Waals surface area contributed by atoms with Crippen LogP contribution in [0.15, 0.2) is 83.1 Å². The molecule has 1 aliphatic rings. The number of non-ortho nitro benzene ring substituents is 1. The molecule has 0 atom stereocenters. The van der Waals surface area contributed by atoms with Gasteiger partial charge in [-0.1, -0.05) is 30.3 Å². The van der Waals surface area contributed by atoms with Gasteiger partial charge in [0.1, 0.15) is 0 Å². The first-order chi connectivity index (χ1) is 16.8. The van der Waals surface area contributed by atoms with Crippen LogP contribution in [-0.2, 0) is 16.4 Å². The molecule has 1 aromatic heterocycles. The number of nitro groups is 1. The van der Waals surface area contributed by atoms with Crippen molar-refractivity contribution in [3.63, 3.8) is 0 Å². The minimum atomic E-state index is -3.75. The normalized spacial score (nSPS) is 12.9. The standard InChI is InChI=1S/C24H18N4O5S2/c29-23(26-24-25-21(15-34-24)18-5-3-6-19(14-18)28(30)31)17-8-10-20(11-9-17)35(32,33)27-13-12-16-4-1-2-7-22(16)27/h1-11,14-15H,12-13H2,(H,25,26,29). The number of para-hydroxylation sites is 1. The number of nitro benzene ring substituents is 1. The second-order valence-electron chi connectivity index (χ2n) is 7.78. The molecule has 5 rings (SSSR count). The molecule has 11 heteroatoms. The van der Waals surface area contributed by atoms with Gasteiger partial charge in [-0.3, -0.25) is 24.5 Å². The monoisotopic (exact) mass is 506 g/mol. The van der Waals surface area contributed by atoms with E-state index in [0.717, 1.165) is 5.56 Å². The second-order valence-corrected chi connectivity index (χ2v) is 10.5. The first-order valence-corrected chi connectivity index (χ1v) is 12.9. The topological polar surface area (TPSA) is 123 Å². The highest BCUT2D eigenvalue weighted by Gasteiger charge is 2.30. The number of carbonyl (C=O) groups excluding carboxylic acids is 1. The number of hydrogen-bond acceptors (Lipinski definition) is 7. The van der Waals surface area contributed by atoms with Crippen LogP contribution in [0.5, 0.6) is 0 Å². The average Bonchev–Trinajstić information content (AvgIpc) is 3.52. The Morgan fingerprint density at radius 3 is 2.60 bits per heavy atom. The highest BCUT2D eigenvalue weighted by atomic mass is 32.2. The third kappa shape index (κ3) is 4.38. The molecule has 0 spiro atoms. The summed E-state index contributed by atoms with van der Waals surface area (Å²) in [5.41, 5.74) is 2.96. The van der Waals surface area contributed by atoms with E-state index in [4.69, 9.17) is 0 Å². The van der Waals surface area contributed by atoms with Gasteiger partial charge in [0.05, 0.1) is 21.2 Å². The Balaban J connectivity index is 1.31. The number of benzene rings is 3. The maximum atomic E-state index is 13.1.